The highest BCUT2D eigenvalue weighted by Crippen LogP contribution is 2.06. The first-order valence-corrected chi connectivity index (χ1v) is 9.45. The van der Waals surface area contributed by atoms with Crippen molar-refractivity contribution in [3.05, 3.63) is 35.9 Å². The predicted octanol–water partition coefficient (Wildman–Crippen LogP) is -2.30. The normalized spacial score (nSPS) is 15.8. The van der Waals surface area contributed by atoms with Gasteiger partial charge in [-0.1, -0.05) is 30.3 Å². The quantitative estimate of drug-likeness (QED) is 0.163. The molecular weight excluding hydrogens is 416 g/mol. The van der Waals surface area contributed by atoms with Crippen LogP contribution in [-0.2, 0) is 20.9 Å². The van der Waals surface area contributed by atoms with Crippen LogP contribution in [0, 0.1) is 0 Å². The molecule has 0 aliphatic heterocycles. The number of benzene rings is 1. The molecule has 0 aliphatic rings. The molecule has 0 saturated heterocycles. The number of ether oxygens (including phenoxy) is 1. The second-order valence-electron chi connectivity index (χ2n) is 6.74. The van der Waals surface area contributed by atoms with E-state index in [-0.39, 0.29) is 19.4 Å². The number of carboxylic acid groups (broad SMARTS) is 1. The summed E-state index contributed by atoms with van der Waals surface area (Å²) in [5.41, 5.74) is 0.710. The maximum Gasteiger partial charge on any atom is 0.408 e. The van der Waals surface area contributed by atoms with Crippen LogP contribution in [0.3, 0.4) is 0 Å². The van der Waals surface area contributed by atoms with Gasteiger partial charge in [0, 0.05) is 13.0 Å². The van der Waals surface area contributed by atoms with Crippen LogP contribution >= 0.6 is 0 Å². The molecule has 12 nitrogen and oxygen atoms in total. The van der Waals surface area contributed by atoms with Crippen LogP contribution in [-0.4, -0.2) is 92.2 Å². The van der Waals surface area contributed by atoms with E-state index in [9.17, 15) is 39.9 Å². The number of carbonyl (C=O) groups is 3. The molecule has 1 aromatic carbocycles. The Morgan fingerprint density at radius 3 is 2.16 bits per heavy atom. The number of rotatable bonds is 13. The number of hydrogen-bond donors (Lipinski definition) is 8. The lowest BCUT2D eigenvalue weighted by atomic mass is 10.0. The van der Waals surface area contributed by atoms with Crippen molar-refractivity contribution in [1.29, 1.82) is 0 Å². The van der Waals surface area contributed by atoms with E-state index in [1.807, 2.05) is 0 Å². The maximum atomic E-state index is 11.9. The molecule has 0 fully saturated rings. The van der Waals surface area contributed by atoms with E-state index in [4.69, 9.17) is 9.84 Å². The maximum absolute atomic E-state index is 11.9. The number of alkyl carbamates (subject to hydrolysis) is 1. The summed E-state index contributed by atoms with van der Waals surface area (Å²) in [5.74, 6) is -2.06. The summed E-state index contributed by atoms with van der Waals surface area (Å²) in [6.07, 6.45) is -8.57. The third-order valence-electron chi connectivity index (χ3n) is 4.30. The third kappa shape index (κ3) is 9.72. The number of nitrogens with one attached hydrogen (secondary N) is 2. The zero-order valence-electron chi connectivity index (χ0n) is 16.6. The number of aliphatic hydroxyl groups is 5. The highest BCUT2D eigenvalue weighted by Gasteiger charge is 2.30. The van der Waals surface area contributed by atoms with Crippen molar-refractivity contribution < 1.29 is 49.8 Å². The average Bonchev–Trinajstić information content (AvgIpc) is 2.77. The van der Waals surface area contributed by atoms with E-state index in [1.54, 1.807) is 30.3 Å². The summed E-state index contributed by atoms with van der Waals surface area (Å²) < 4.78 is 4.94. The minimum atomic E-state index is -1.84. The molecule has 0 bridgehead atoms. The summed E-state index contributed by atoms with van der Waals surface area (Å²) in [4.78, 5) is 34.9. The fourth-order valence-electron chi connectivity index (χ4n) is 2.43. The van der Waals surface area contributed by atoms with E-state index >= 15 is 0 Å². The Balaban J connectivity index is 2.40. The number of hydrogen-bond acceptors (Lipinski definition) is 9. The topological polar surface area (TPSA) is 206 Å². The highest BCUT2D eigenvalue weighted by atomic mass is 16.5. The molecule has 31 heavy (non-hydrogen) atoms. The minimum absolute atomic E-state index is 0.0590. The standard InChI is InChI=1S/C19H28N2O10/c22-9-14(24)17(27)16(26)13(23)8-20-15(25)7-6-12(18(28)29)21-19(30)31-10-11-4-2-1-3-5-11/h1-5,12-14,16-17,22-24,26-27H,6-10H2,(H,20,25)(H,21,30)(H,28,29). The summed E-state index contributed by atoms with van der Waals surface area (Å²) in [5, 5.41) is 60.4. The van der Waals surface area contributed by atoms with Gasteiger partial charge in [0.05, 0.1) is 12.7 Å². The van der Waals surface area contributed by atoms with Crippen molar-refractivity contribution in [1.82, 2.24) is 10.6 Å². The van der Waals surface area contributed by atoms with Gasteiger partial charge >= 0.3 is 12.1 Å². The Morgan fingerprint density at radius 1 is 0.968 bits per heavy atom. The first kappa shape index (κ1) is 26.3. The van der Waals surface area contributed by atoms with E-state index in [2.05, 4.69) is 10.6 Å². The molecule has 8 N–H and O–H groups in total. The van der Waals surface area contributed by atoms with Crippen LogP contribution in [0.5, 0.6) is 0 Å². The molecule has 2 amide bonds. The fraction of sp³-hybridized carbons (Fsp3) is 0.526. The van der Waals surface area contributed by atoms with Crippen LogP contribution in [0.4, 0.5) is 4.79 Å². The monoisotopic (exact) mass is 444 g/mol. The number of amides is 2. The van der Waals surface area contributed by atoms with Gasteiger partial charge in [0.15, 0.2) is 0 Å². The van der Waals surface area contributed by atoms with Crippen molar-refractivity contribution in [2.75, 3.05) is 13.2 Å². The molecular formula is C19H28N2O10. The van der Waals surface area contributed by atoms with Gasteiger partial charge in [-0.3, -0.25) is 4.79 Å². The summed E-state index contributed by atoms with van der Waals surface area (Å²) in [7, 11) is 0. The molecule has 0 saturated carbocycles. The lowest BCUT2D eigenvalue weighted by Gasteiger charge is -2.25. The smallest absolute Gasteiger partial charge is 0.408 e. The Morgan fingerprint density at radius 2 is 1.58 bits per heavy atom. The van der Waals surface area contributed by atoms with Crippen molar-refractivity contribution in [3.8, 4) is 0 Å². The SMILES string of the molecule is O=C(CCC(NC(=O)OCc1ccccc1)C(=O)O)NCC(O)C(O)C(O)C(O)CO. The zero-order chi connectivity index (χ0) is 23.4. The molecule has 0 aromatic heterocycles. The van der Waals surface area contributed by atoms with Gasteiger partial charge in [-0.15, -0.1) is 0 Å². The van der Waals surface area contributed by atoms with Crippen LogP contribution in [0.1, 0.15) is 18.4 Å². The lowest BCUT2D eigenvalue weighted by Crippen LogP contribution is -2.49. The van der Waals surface area contributed by atoms with Crippen molar-refractivity contribution in [2.45, 2.75) is 49.9 Å². The largest absolute Gasteiger partial charge is 0.480 e. The lowest BCUT2D eigenvalue weighted by molar-refractivity contribution is -0.139. The van der Waals surface area contributed by atoms with E-state index < -0.39 is 61.6 Å². The Kier molecular flexibility index (Phi) is 11.5. The third-order valence-corrected chi connectivity index (χ3v) is 4.30. The zero-order valence-corrected chi connectivity index (χ0v) is 16.6. The van der Waals surface area contributed by atoms with Gasteiger partial charge in [0.1, 0.15) is 31.0 Å². The number of carbonyl (C=O) groups excluding carboxylic acids is 2. The van der Waals surface area contributed by atoms with Crippen LogP contribution in [0.2, 0.25) is 0 Å². The van der Waals surface area contributed by atoms with Gasteiger partial charge in [-0.05, 0) is 12.0 Å². The first-order chi connectivity index (χ1) is 14.6. The molecule has 1 rings (SSSR count). The minimum Gasteiger partial charge on any atom is -0.480 e. The van der Waals surface area contributed by atoms with Gasteiger partial charge < -0.3 is 46.0 Å². The molecule has 0 radical (unpaired) electrons. The van der Waals surface area contributed by atoms with Crippen molar-refractivity contribution in [3.63, 3.8) is 0 Å². The van der Waals surface area contributed by atoms with Gasteiger partial charge in [0.2, 0.25) is 5.91 Å². The number of carboxylic acids is 1. The fourth-order valence-corrected chi connectivity index (χ4v) is 2.43. The summed E-state index contributed by atoms with van der Waals surface area (Å²) >= 11 is 0. The van der Waals surface area contributed by atoms with Gasteiger partial charge in [-0.2, -0.15) is 0 Å². The highest BCUT2D eigenvalue weighted by molar-refractivity contribution is 5.81. The molecule has 0 aliphatic carbocycles. The average molecular weight is 444 g/mol. The van der Waals surface area contributed by atoms with Crippen LogP contribution < -0.4 is 10.6 Å². The van der Waals surface area contributed by atoms with Crippen LogP contribution in [0.15, 0.2) is 30.3 Å². The van der Waals surface area contributed by atoms with Crippen molar-refractivity contribution in [2.24, 2.45) is 0 Å². The number of aliphatic hydroxyl groups excluding tert-OH is 5. The molecule has 5 atom stereocenters. The molecule has 1 aromatic rings. The molecule has 0 spiro atoms. The van der Waals surface area contributed by atoms with Crippen LogP contribution in [0.25, 0.3) is 0 Å². The molecule has 174 valence electrons. The second kappa shape index (κ2) is 13.5. The first-order valence-electron chi connectivity index (χ1n) is 9.45. The van der Waals surface area contributed by atoms with E-state index in [0.29, 0.717) is 5.56 Å². The van der Waals surface area contributed by atoms with Gasteiger partial charge in [-0.25, -0.2) is 9.59 Å². The Labute approximate surface area is 178 Å². The number of aliphatic carboxylic acids is 1. The predicted molar refractivity (Wildman–Crippen MR) is 105 cm³/mol. The molecule has 12 heteroatoms. The second-order valence-corrected chi connectivity index (χ2v) is 6.74. The molecule has 5 unspecified atom stereocenters. The molecule has 0 heterocycles. The van der Waals surface area contributed by atoms with E-state index in [0.717, 1.165) is 0 Å². The van der Waals surface area contributed by atoms with E-state index in [1.165, 1.54) is 0 Å². The Bertz CT molecular complexity index is 702. The summed E-state index contributed by atoms with van der Waals surface area (Å²) in [6, 6.07) is 7.34. The summed E-state index contributed by atoms with van der Waals surface area (Å²) in [6.45, 7) is -1.40. The Hall–Kier alpha value is -2.77. The van der Waals surface area contributed by atoms with Gasteiger partial charge in [0.25, 0.3) is 0 Å². The van der Waals surface area contributed by atoms with Crippen molar-refractivity contribution >= 4 is 18.0 Å².